The fourth-order valence-corrected chi connectivity index (χ4v) is 2.37. The molecule has 148 valence electrons. The fraction of sp³-hybridized carbons (Fsp3) is 0.250. The number of nitrogens with one attached hydrogen (secondary N) is 1. The number of aryl methyl sites for hydroxylation is 1. The molecule has 2 rings (SSSR count). The molecule has 0 bridgehead atoms. The third-order valence-corrected chi connectivity index (χ3v) is 3.87. The van der Waals surface area contributed by atoms with E-state index in [0.717, 1.165) is 22.6 Å². The van der Waals surface area contributed by atoms with Crippen molar-refractivity contribution in [2.24, 2.45) is 0 Å². The first-order chi connectivity index (χ1) is 13.2. The second-order valence-corrected chi connectivity index (χ2v) is 6.28. The summed E-state index contributed by atoms with van der Waals surface area (Å²) in [5, 5.41) is 2.65. The molecule has 1 N–H and O–H groups in total. The van der Waals surface area contributed by atoms with E-state index in [9.17, 15) is 23.2 Å². The summed E-state index contributed by atoms with van der Waals surface area (Å²) in [4.78, 5) is 37.4. The topological polar surface area (TPSA) is 75.7 Å². The van der Waals surface area contributed by atoms with Crippen molar-refractivity contribution in [2.45, 2.75) is 20.0 Å². The predicted molar refractivity (Wildman–Crippen MR) is 98.7 cm³/mol. The molecule has 2 aromatic rings. The van der Waals surface area contributed by atoms with Crippen LogP contribution >= 0.6 is 0 Å². The number of rotatable bonds is 6. The maximum absolute atomic E-state index is 13.6. The number of amides is 2. The van der Waals surface area contributed by atoms with E-state index < -0.39 is 41.1 Å². The first-order valence-corrected chi connectivity index (χ1v) is 8.45. The number of halogens is 2. The molecule has 2 amide bonds. The number of nitrogens with zero attached hydrogens (tertiary/aromatic N) is 1. The zero-order valence-corrected chi connectivity index (χ0v) is 15.7. The summed E-state index contributed by atoms with van der Waals surface area (Å²) >= 11 is 0. The standard InChI is InChI=1S/C20H20F2N2O4/c1-12-4-7-15(8-5-12)23-18(25)11-24(3)19(26)13(2)28-20(27)16-9-6-14(21)10-17(16)22/h4-10,13H,11H2,1-3H3,(H,23,25)/t13-/m1/s1. The van der Waals surface area contributed by atoms with E-state index in [-0.39, 0.29) is 6.54 Å². The van der Waals surface area contributed by atoms with Gasteiger partial charge in [0.15, 0.2) is 6.10 Å². The summed E-state index contributed by atoms with van der Waals surface area (Å²) in [5.74, 6) is -4.10. The Kier molecular flexibility index (Phi) is 6.81. The van der Waals surface area contributed by atoms with Crippen LogP contribution in [0.2, 0.25) is 0 Å². The van der Waals surface area contributed by atoms with E-state index in [1.807, 2.05) is 19.1 Å². The van der Waals surface area contributed by atoms with E-state index in [4.69, 9.17) is 4.74 Å². The van der Waals surface area contributed by atoms with Crippen LogP contribution in [0.3, 0.4) is 0 Å². The quantitative estimate of drug-likeness (QED) is 0.770. The number of carbonyl (C=O) groups excluding carboxylic acids is 3. The lowest BCUT2D eigenvalue weighted by Gasteiger charge is -2.21. The summed E-state index contributed by atoms with van der Waals surface area (Å²) in [7, 11) is 1.37. The lowest BCUT2D eigenvalue weighted by molar-refractivity contribution is -0.140. The van der Waals surface area contributed by atoms with Crippen molar-refractivity contribution in [3.63, 3.8) is 0 Å². The van der Waals surface area contributed by atoms with Crippen LogP contribution in [0.1, 0.15) is 22.8 Å². The molecule has 0 aliphatic heterocycles. The second kappa shape index (κ2) is 9.07. The Balaban J connectivity index is 1.91. The highest BCUT2D eigenvalue weighted by Crippen LogP contribution is 2.13. The number of ether oxygens (including phenoxy) is 1. The Labute approximate surface area is 161 Å². The molecule has 0 aromatic heterocycles. The van der Waals surface area contributed by atoms with Crippen LogP contribution in [-0.2, 0) is 14.3 Å². The molecule has 0 saturated heterocycles. The van der Waals surface area contributed by atoms with E-state index in [1.165, 1.54) is 14.0 Å². The average molecular weight is 390 g/mol. The molecule has 0 unspecified atom stereocenters. The molecule has 0 aliphatic rings. The van der Waals surface area contributed by atoms with Crippen LogP contribution in [0.5, 0.6) is 0 Å². The monoisotopic (exact) mass is 390 g/mol. The van der Waals surface area contributed by atoms with Gasteiger partial charge in [0.25, 0.3) is 5.91 Å². The van der Waals surface area contributed by atoms with Crippen LogP contribution in [-0.4, -0.2) is 42.4 Å². The summed E-state index contributed by atoms with van der Waals surface area (Å²) in [6.07, 6.45) is -1.26. The average Bonchev–Trinajstić information content (AvgIpc) is 2.62. The van der Waals surface area contributed by atoms with Crippen LogP contribution < -0.4 is 5.32 Å². The number of esters is 1. The van der Waals surface area contributed by atoms with Gasteiger partial charge in [-0.2, -0.15) is 0 Å². The lowest BCUT2D eigenvalue weighted by atomic mass is 10.2. The van der Waals surface area contributed by atoms with Gasteiger partial charge in [0.2, 0.25) is 5.91 Å². The Morgan fingerprint density at radius 3 is 2.36 bits per heavy atom. The van der Waals surface area contributed by atoms with Gasteiger partial charge in [-0.3, -0.25) is 9.59 Å². The summed E-state index contributed by atoms with van der Waals surface area (Å²) in [6.45, 7) is 2.95. The number of carbonyl (C=O) groups is 3. The van der Waals surface area contributed by atoms with Crippen LogP contribution in [0.25, 0.3) is 0 Å². The Bertz CT molecular complexity index is 884. The van der Waals surface area contributed by atoms with Gasteiger partial charge in [-0.05, 0) is 38.1 Å². The normalized spacial score (nSPS) is 11.5. The Hall–Kier alpha value is -3.29. The molecule has 0 aliphatic carbocycles. The molecule has 2 aromatic carbocycles. The van der Waals surface area contributed by atoms with Crippen LogP contribution in [0.15, 0.2) is 42.5 Å². The van der Waals surface area contributed by atoms with Crippen LogP contribution in [0.4, 0.5) is 14.5 Å². The molecular formula is C20H20F2N2O4. The molecule has 0 fully saturated rings. The minimum atomic E-state index is -1.26. The van der Waals surface area contributed by atoms with Crippen molar-refractivity contribution in [3.8, 4) is 0 Å². The highest BCUT2D eigenvalue weighted by Gasteiger charge is 2.25. The minimum Gasteiger partial charge on any atom is -0.449 e. The van der Waals surface area contributed by atoms with Gasteiger partial charge in [0, 0.05) is 18.8 Å². The molecule has 0 spiro atoms. The SMILES string of the molecule is Cc1ccc(NC(=O)CN(C)C(=O)[C@@H](C)OC(=O)c2ccc(F)cc2F)cc1. The highest BCUT2D eigenvalue weighted by molar-refractivity contribution is 5.96. The first kappa shape index (κ1) is 21.0. The lowest BCUT2D eigenvalue weighted by Crippen LogP contribution is -2.41. The molecular weight excluding hydrogens is 370 g/mol. The maximum Gasteiger partial charge on any atom is 0.341 e. The largest absolute Gasteiger partial charge is 0.449 e. The number of hydrogen-bond acceptors (Lipinski definition) is 4. The third-order valence-electron chi connectivity index (χ3n) is 3.87. The maximum atomic E-state index is 13.6. The zero-order chi connectivity index (χ0) is 20.8. The first-order valence-electron chi connectivity index (χ1n) is 8.45. The summed E-state index contributed by atoms with van der Waals surface area (Å²) < 4.78 is 31.5. The van der Waals surface area contributed by atoms with Gasteiger partial charge >= 0.3 is 5.97 Å². The molecule has 0 saturated carbocycles. The number of likely N-dealkylation sites (N-methyl/N-ethyl adjacent to an activating group) is 1. The highest BCUT2D eigenvalue weighted by atomic mass is 19.1. The number of benzene rings is 2. The van der Waals surface area contributed by atoms with Gasteiger partial charge in [-0.15, -0.1) is 0 Å². The Morgan fingerprint density at radius 1 is 1.11 bits per heavy atom. The third kappa shape index (κ3) is 5.60. The van der Waals surface area contributed by atoms with E-state index in [2.05, 4.69) is 5.32 Å². The molecule has 28 heavy (non-hydrogen) atoms. The smallest absolute Gasteiger partial charge is 0.341 e. The van der Waals surface area contributed by atoms with Crippen molar-refractivity contribution >= 4 is 23.5 Å². The van der Waals surface area contributed by atoms with E-state index in [0.29, 0.717) is 11.8 Å². The molecule has 0 heterocycles. The van der Waals surface area contributed by atoms with E-state index >= 15 is 0 Å². The van der Waals surface area contributed by atoms with Gasteiger partial charge < -0.3 is 15.0 Å². The molecule has 8 heteroatoms. The number of hydrogen-bond donors (Lipinski definition) is 1. The van der Waals surface area contributed by atoms with Gasteiger partial charge in [-0.25, -0.2) is 13.6 Å². The van der Waals surface area contributed by atoms with Gasteiger partial charge in [0.1, 0.15) is 11.6 Å². The van der Waals surface area contributed by atoms with Crippen molar-refractivity contribution in [1.82, 2.24) is 4.90 Å². The number of anilines is 1. The Morgan fingerprint density at radius 2 is 1.75 bits per heavy atom. The van der Waals surface area contributed by atoms with Crippen molar-refractivity contribution in [2.75, 3.05) is 18.9 Å². The van der Waals surface area contributed by atoms with E-state index in [1.54, 1.807) is 12.1 Å². The summed E-state index contributed by atoms with van der Waals surface area (Å²) in [5.41, 5.74) is 1.14. The van der Waals surface area contributed by atoms with Gasteiger partial charge in [0.05, 0.1) is 12.1 Å². The van der Waals surface area contributed by atoms with Gasteiger partial charge in [-0.1, -0.05) is 17.7 Å². The fourth-order valence-electron chi connectivity index (χ4n) is 2.37. The van der Waals surface area contributed by atoms with Crippen molar-refractivity contribution in [3.05, 3.63) is 65.2 Å². The zero-order valence-electron chi connectivity index (χ0n) is 15.7. The van der Waals surface area contributed by atoms with Crippen molar-refractivity contribution in [1.29, 1.82) is 0 Å². The molecule has 0 radical (unpaired) electrons. The second-order valence-electron chi connectivity index (χ2n) is 6.28. The van der Waals surface area contributed by atoms with Crippen molar-refractivity contribution < 1.29 is 27.9 Å². The predicted octanol–water partition coefficient (Wildman–Crippen LogP) is 2.92. The summed E-state index contributed by atoms with van der Waals surface area (Å²) in [6, 6.07) is 9.52. The van der Waals surface area contributed by atoms with Crippen LogP contribution in [0, 0.1) is 18.6 Å². The molecule has 6 nitrogen and oxygen atoms in total. The molecule has 1 atom stereocenters. The minimum absolute atomic E-state index is 0.264.